The molecule has 5 nitrogen and oxygen atoms in total. The Hall–Kier alpha value is -2.04. The number of para-hydroxylation sites is 1. The first kappa shape index (κ1) is 16.3. The first-order valence-electron chi connectivity index (χ1n) is 7.78. The predicted molar refractivity (Wildman–Crippen MR) is 83.0 cm³/mol. The smallest absolute Gasteiger partial charge is 0.326 e. The Morgan fingerprint density at radius 2 is 2.14 bits per heavy atom. The van der Waals surface area contributed by atoms with Crippen molar-refractivity contribution < 1.29 is 19.4 Å². The summed E-state index contributed by atoms with van der Waals surface area (Å²) in [6.07, 6.45) is 2.23. The second-order valence-corrected chi connectivity index (χ2v) is 5.72. The van der Waals surface area contributed by atoms with Crippen LogP contribution >= 0.6 is 0 Å². The van der Waals surface area contributed by atoms with E-state index in [-0.39, 0.29) is 12.5 Å². The van der Waals surface area contributed by atoms with Crippen LogP contribution in [0.5, 0.6) is 5.75 Å². The number of carbonyl (C=O) groups is 2. The maximum Gasteiger partial charge on any atom is 0.326 e. The largest absolute Gasteiger partial charge is 0.483 e. The number of carboxylic acid groups (broad SMARTS) is 1. The molecule has 0 spiro atoms. The van der Waals surface area contributed by atoms with Gasteiger partial charge in [0.15, 0.2) is 6.61 Å². The Labute approximate surface area is 130 Å². The molecular weight excluding hydrogens is 282 g/mol. The van der Waals surface area contributed by atoms with Gasteiger partial charge in [0.05, 0.1) is 0 Å². The van der Waals surface area contributed by atoms with Crippen molar-refractivity contribution >= 4 is 11.9 Å². The standard InChI is InChI=1S/C17H23NO4/c1-3-12(2)13-7-4-5-9-15(13)22-11-16(19)18-10-6-8-14(18)17(20)21/h4-5,7,9,12,14H,3,6,8,10-11H2,1-2H3,(H,20,21)/t12?,14-/m0/s1. The summed E-state index contributed by atoms with van der Waals surface area (Å²) in [5, 5.41) is 9.13. The Kier molecular flexibility index (Phi) is 5.41. The lowest BCUT2D eigenvalue weighted by molar-refractivity contribution is -0.148. The van der Waals surface area contributed by atoms with E-state index in [0.29, 0.717) is 24.6 Å². The summed E-state index contributed by atoms with van der Waals surface area (Å²) in [5.41, 5.74) is 1.08. The third-order valence-corrected chi connectivity index (χ3v) is 4.27. The zero-order chi connectivity index (χ0) is 16.1. The van der Waals surface area contributed by atoms with E-state index in [2.05, 4.69) is 13.8 Å². The van der Waals surface area contributed by atoms with Crippen LogP contribution in [0, 0.1) is 0 Å². The number of nitrogens with zero attached hydrogens (tertiary/aromatic N) is 1. The molecule has 2 atom stereocenters. The Morgan fingerprint density at radius 3 is 2.82 bits per heavy atom. The number of rotatable bonds is 6. The summed E-state index contributed by atoms with van der Waals surface area (Å²) in [6.45, 7) is 4.60. The maximum atomic E-state index is 12.2. The van der Waals surface area contributed by atoms with Crippen molar-refractivity contribution in [2.45, 2.75) is 45.1 Å². The van der Waals surface area contributed by atoms with Crippen LogP contribution in [0.2, 0.25) is 0 Å². The van der Waals surface area contributed by atoms with Crippen LogP contribution < -0.4 is 4.74 Å². The zero-order valence-corrected chi connectivity index (χ0v) is 13.1. The van der Waals surface area contributed by atoms with Crippen molar-refractivity contribution in [2.24, 2.45) is 0 Å². The highest BCUT2D eigenvalue weighted by Gasteiger charge is 2.34. The van der Waals surface area contributed by atoms with Gasteiger partial charge in [-0.3, -0.25) is 4.79 Å². The summed E-state index contributed by atoms with van der Waals surface area (Å²) < 4.78 is 5.68. The number of likely N-dealkylation sites (tertiary alicyclic amines) is 1. The highest BCUT2D eigenvalue weighted by atomic mass is 16.5. The molecule has 1 N–H and O–H groups in total. The maximum absolute atomic E-state index is 12.2. The SMILES string of the molecule is CCC(C)c1ccccc1OCC(=O)N1CCC[C@H]1C(=O)O. The monoisotopic (exact) mass is 305 g/mol. The van der Waals surface area contributed by atoms with Gasteiger partial charge in [-0.15, -0.1) is 0 Å². The Balaban J connectivity index is 2.01. The lowest BCUT2D eigenvalue weighted by Crippen LogP contribution is -2.42. The van der Waals surface area contributed by atoms with E-state index in [0.717, 1.165) is 18.4 Å². The minimum Gasteiger partial charge on any atom is -0.483 e. The molecule has 1 saturated heterocycles. The van der Waals surface area contributed by atoms with Gasteiger partial charge in [0.1, 0.15) is 11.8 Å². The fraction of sp³-hybridized carbons (Fsp3) is 0.529. The molecule has 22 heavy (non-hydrogen) atoms. The topological polar surface area (TPSA) is 66.8 Å². The van der Waals surface area contributed by atoms with Crippen LogP contribution in [0.1, 0.15) is 44.6 Å². The average molecular weight is 305 g/mol. The fourth-order valence-corrected chi connectivity index (χ4v) is 2.78. The molecule has 0 saturated carbocycles. The third-order valence-electron chi connectivity index (χ3n) is 4.27. The van der Waals surface area contributed by atoms with E-state index in [9.17, 15) is 9.59 Å². The highest BCUT2D eigenvalue weighted by molar-refractivity contribution is 5.85. The van der Waals surface area contributed by atoms with Gasteiger partial charge in [0, 0.05) is 6.54 Å². The molecule has 120 valence electrons. The van der Waals surface area contributed by atoms with Crippen molar-refractivity contribution in [2.75, 3.05) is 13.2 Å². The van der Waals surface area contributed by atoms with Crippen LogP contribution in [-0.4, -0.2) is 41.1 Å². The van der Waals surface area contributed by atoms with Crippen LogP contribution in [-0.2, 0) is 9.59 Å². The van der Waals surface area contributed by atoms with Gasteiger partial charge in [0.2, 0.25) is 0 Å². The summed E-state index contributed by atoms with van der Waals surface area (Å²) in [4.78, 5) is 24.8. The van der Waals surface area contributed by atoms with Gasteiger partial charge in [-0.1, -0.05) is 32.0 Å². The molecule has 1 aliphatic heterocycles. The van der Waals surface area contributed by atoms with Gasteiger partial charge in [-0.2, -0.15) is 0 Å². The second-order valence-electron chi connectivity index (χ2n) is 5.72. The molecule has 1 aromatic rings. The van der Waals surface area contributed by atoms with E-state index in [1.165, 1.54) is 4.90 Å². The van der Waals surface area contributed by atoms with Crippen molar-refractivity contribution in [3.8, 4) is 5.75 Å². The zero-order valence-electron chi connectivity index (χ0n) is 13.1. The molecule has 0 aromatic heterocycles. The van der Waals surface area contributed by atoms with E-state index in [4.69, 9.17) is 9.84 Å². The fourth-order valence-electron chi connectivity index (χ4n) is 2.78. The molecule has 1 heterocycles. The van der Waals surface area contributed by atoms with Gasteiger partial charge >= 0.3 is 5.97 Å². The molecule has 1 amide bonds. The van der Waals surface area contributed by atoms with E-state index >= 15 is 0 Å². The molecule has 5 heteroatoms. The van der Waals surface area contributed by atoms with E-state index in [1.807, 2.05) is 24.3 Å². The Morgan fingerprint density at radius 1 is 1.41 bits per heavy atom. The number of hydrogen-bond acceptors (Lipinski definition) is 3. The summed E-state index contributed by atoms with van der Waals surface area (Å²) >= 11 is 0. The minimum atomic E-state index is -0.939. The average Bonchev–Trinajstić information content (AvgIpc) is 3.02. The number of ether oxygens (including phenoxy) is 1. The van der Waals surface area contributed by atoms with Gasteiger partial charge in [-0.05, 0) is 36.8 Å². The van der Waals surface area contributed by atoms with Crippen LogP contribution in [0.4, 0.5) is 0 Å². The third kappa shape index (κ3) is 3.59. The number of aliphatic carboxylic acids is 1. The van der Waals surface area contributed by atoms with Crippen LogP contribution in [0.15, 0.2) is 24.3 Å². The Bertz CT molecular complexity index is 543. The number of amides is 1. The number of hydrogen-bond donors (Lipinski definition) is 1. The summed E-state index contributed by atoms with van der Waals surface area (Å²) in [7, 11) is 0. The molecule has 0 bridgehead atoms. The molecular formula is C17H23NO4. The van der Waals surface area contributed by atoms with Crippen molar-refractivity contribution in [1.82, 2.24) is 4.90 Å². The van der Waals surface area contributed by atoms with Gasteiger partial charge in [-0.25, -0.2) is 4.79 Å². The number of carboxylic acids is 1. The molecule has 0 aliphatic carbocycles. The van der Waals surface area contributed by atoms with Gasteiger partial charge in [0.25, 0.3) is 5.91 Å². The highest BCUT2D eigenvalue weighted by Crippen LogP contribution is 2.28. The lowest BCUT2D eigenvalue weighted by Gasteiger charge is -2.22. The van der Waals surface area contributed by atoms with Crippen molar-refractivity contribution in [3.05, 3.63) is 29.8 Å². The molecule has 1 fully saturated rings. The van der Waals surface area contributed by atoms with Crippen LogP contribution in [0.3, 0.4) is 0 Å². The molecule has 1 aliphatic rings. The lowest BCUT2D eigenvalue weighted by atomic mass is 9.98. The van der Waals surface area contributed by atoms with E-state index < -0.39 is 12.0 Å². The minimum absolute atomic E-state index is 0.114. The quantitative estimate of drug-likeness (QED) is 0.877. The molecule has 1 unspecified atom stereocenters. The second kappa shape index (κ2) is 7.29. The number of benzene rings is 1. The first-order valence-corrected chi connectivity index (χ1v) is 7.78. The normalized spacial score (nSPS) is 19.0. The predicted octanol–water partition coefficient (Wildman–Crippen LogP) is 2.65. The summed E-state index contributed by atoms with van der Waals surface area (Å²) in [5.74, 6) is -0.143. The van der Waals surface area contributed by atoms with Crippen molar-refractivity contribution in [3.63, 3.8) is 0 Å². The van der Waals surface area contributed by atoms with E-state index in [1.54, 1.807) is 0 Å². The number of carbonyl (C=O) groups excluding carboxylic acids is 1. The summed E-state index contributed by atoms with van der Waals surface area (Å²) in [6, 6.07) is 6.98. The van der Waals surface area contributed by atoms with Crippen molar-refractivity contribution in [1.29, 1.82) is 0 Å². The molecule has 0 radical (unpaired) electrons. The first-order chi connectivity index (χ1) is 10.5. The van der Waals surface area contributed by atoms with Crippen LogP contribution in [0.25, 0.3) is 0 Å². The van der Waals surface area contributed by atoms with Gasteiger partial charge < -0.3 is 14.7 Å². The molecule has 1 aromatic carbocycles. The molecule has 2 rings (SSSR count).